The first-order valence-corrected chi connectivity index (χ1v) is 6.41. The molecule has 0 aliphatic heterocycles. The van der Waals surface area contributed by atoms with Crippen molar-refractivity contribution in [2.75, 3.05) is 0 Å². The van der Waals surface area contributed by atoms with Gasteiger partial charge >= 0.3 is 0 Å². The zero-order chi connectivity index (χ0) is 10.8. The Bertz CT molecular complexity index is 135. The highest BCUT2D eigenvalue weighted by atomic mass is 14.2. The molecule has 2 unspecified atom stereocenters. The Balaban J connectivity index is 4.11. The van der Waals surface area contributed by atoms with E-state index in [-0.39, 0.29) is 0 Å². The minimum absolute atomic E-state index is 0.932. The summed E-state index contributed by atoms with van der Waals surface area (Å²) in [5.41, 5.74) is 0. The van der Waals surface area contributed by atoms with E-state index in [1.54, 1.807) is 0 Å². The predicted octanol–water partition coefficient (Wildman–Crippen LogP) is 5.20. The Morgan fingerprint density at radius 1 is 0.929 bits per heavy atom. The first-order valence-electron chi connectivity index (χ1n) is 6.41. The molecule has 0 saturated heterocycles. The third kappa shape index (κ3) is 5.47. The monoisotopic (exact) mass is 196 g/mol. The lowest BCUT2D eigenvalue weighted by Gasteiger charge is -2.24. The van der Waals surface area contributed by atoms with Gasteiger partial charge < -0.3 is 0 Å². The van der Waals surface area contributed by atoms with Gasteiger partial charge in [0.1, 0.15) is 0 Å². The van der Waals surface area contributed by atoms with Gasteiger partial charge in [0.2, 0.25) is 0 Å². The molecule has 0 N–H and O–H groups in total. The van der Waals surface area contributed by atoms with E-state index < -0.39 is 0 Å². The molecule has 0 aromatic heterocycles. The fourth-order valence-corrected chi connectivity index (χ4v) is 2.37. The van der Waals surface area contributed by atoms with Crippen LogP contribution in [0.3, 0.4) is 0 Å². The highest BCUT2D eigenvalue weighted by molar-refractivity contribution is 4.82. The quantitative estimate of drug-likeness (QED) is 0.468. The maximum absolute atomic E-state index is 2.35. The molecule has 0 rings (SSSR count). The van der Waals surface area contributed by atoms with Crippen LogP contribution in [0.5, 0.6) is 0 Å². The van der Waals surface area contributed by atoms with Gasteiger partial charge in [0.25, 0.3) is 0 Å². The van der Waals surface area contributed by atoms with Crippen molar-refractivity contribution in [3.63, 3.8) is 0 Å². The SMILES string of the molecule is CC=CCC(CCC)C(CC)CCC. The van der Waals surface area contributed by atoms with Crippen molar-refractivity contribution in [2.24, 2.45) is 11.8 Å². The van der Waals surface area contributed by atoms with Gasteiger partial charge in [0.15, 0.2) is 0 Å². The van der Waals surface area contributed by atoms with Crippen LogP contribution in [0.15, 0.2) is 12.2 Å². The molecular weight excluding hydrogens is 168 g/mol. The van der Waals surface area contributed by atoms with Gasteiger partial charge in [-0.1, -0.05) is 65.0 Å². The highest BCUT2D eigenvalue weighted by Crippen LogP contribution is 2.28. The molecule has 0 amide bonds. The second kappa shape index (κ2) is 9.30. The Morgan fingerprint density at radius 3 is 1.93 bits per heavy atom. The molecule has 0 fully saturated rings. The third-order valence-electron chi connectivity index (χ3n) is 3.18. The van der Waals surface area contributed by atoms with Crippen molar-refractivity contribution in [3.8, 4) is 0 Å². The predicted molar refractivity (Wildman–Crippen MR) is 66.5 cm³/mol. The fourth-order valence-electron chi connectivity index (χ4n) is 2.37. The molecule has 0 bridgehead atoms. The van der Waals surface area contributed by atoms with Gasteiger partial charge in [-0.3, -0.25) is 0 Å². The molecule has 2 atom stereocenters. The maximum Gasteiger partial charge on any atom is -0.0320 e. The van der Waals surface area contributed by atoms with Gasteiger partial charge in [-0.25, -0.2) is 0 Å². The van der Waals surface area contributed by atoms with Crippen molar-refractivity contribution >= 4 is 0 Å². The number of hydrogen-bond acceptors (Lipinski definition) is 0. The molecular formula is C14H28. The summed E-state index contributed by atoms with van der Waals surface area (Å²) < 4.78 is 0. The first-order chi connectivity index (χ1) is 6.79. The average Bonchev–Trinajstić information content (AvgIpc) is 2.21. The second-order valence-corrected chi connectivity index (χ2v) is 4.31. The molecule has 0 radical (unpaired) electrons. The van der Waals surface area contributed by atoms with Gasteiger partial charge in [0.05, 0.1) is 0 Å². The van der Waals surface area contributed by atoms with E-state index in [1.807, 2.05) is 0 Å². The zero-order valence-electron chi connectivity index (χ0n) is 10.6. The first kappa shape index (κ1) is 13.7. The molecule has 84 valence electrons. The molecule has 0 heterocycles. The third-order valence-corrected chi connectivity index (χ3v) is 3.18. The van der Waals surface area contributed by atoms with Crippen molar-refractivity contribution in [3.05, 3.63) is 12.2 Å². The lowest BCUT2D eigenvalue weighted by atomic mass is 9.81. The summed E-state index contributed by atoms with van der Waals surface area (Å²) in [7, 11) is 0. The van der Waals surface area contributed by atoms with E-state index in [0.29, 0.717) is 0 Å². The lowest BCUT2D eigenvalue weighted by molar-refractivity contribution is 0.284. The van der Waals surface area contributed by atoms with Crippen LogP contribution in [0.4, 0.5) is 0 Å². The van der Waals surface area contributed by atoms with Crippen molar-refractivity contribution in [1.29, 1.82) is 0 Å². The summed E-state index contributed by atoms with van der Waals surface area (Å²) in [5, 5.41) is 0. The smallest absolute Gasteiger partial charge is 0.0320 e. The van der Waals surface area contributed by atoms with Crippen LogP contribution in [0.25, 0.3) is 0 Å². The van der Waals surface area contributed by atoms with Crippen molar-refractivity contribution in [2.45, 2.75) is 66.2 Å². The summed E-state index contributed by atoms with van der Waals surface area (Å²) in [4.78, 5) is 0. The zero-order valence-corrected chi connectivity index (χ0v) is 10.6. The Morgan fingerprint density at radius 2 is 1.50 bits per heavy atom. The van der Waals surface area contributed by atoms with E-state index in [4.69, 9.17) is 0 Å². The van der Waals surface area contributed by atoms with Crippen LogP contribution in [0.1, 0.15) is 66.2 Å². The lowest BCUT2D eigenvalue weighted by Crippen LogP contribution is -2.13. The summed E-state index contributed by atoms with van der Waals surface area (Å²) >= 11 is 0. The Hall–Kier alpha value is -0.260. The largest absolute Gasteiger partial charge is 0.0917 e. The minimum atomic E-state index is 0.932. The van der Waals surface area contributed by atoms with Gasteiger partial charge in [-0.05, 0) is 25.2 Å². The van der Waals surface area contributed by atoms with Crippen LogP contribution >= 0.6 is 0 Å². The van der Waals surface area contributed by atoms with Crippen LogP contribution in [-0.4, -0.2) is 0 Å². The standard InChI is InChI=1S/C14H28/c1-5-9-12-14(11-7-3)13(8-4)10-6-2/h5,9,13-14H,6-8,10-12H2,1-4H3. The highest BCUT2D eigenvalue weighted by Gasteiger charge is 2.16. The van der Waals surface area contributed by atoms with Crippen molar-refractivity contribution in [1.82, 2.24) is 0 Å². The van der Waals surface area contributed by atoms with E-state index in [2.05, 4.69) is 39.8 Å². The topological polar surface area (TPSA) is 0 Å². The van der Waals surface area contributed by atoms with Crippen LogP contribution < -0.4 is 0 Å². The minimum Gasteiger partial charge on any atom is -0.0917 e. The molecule has 0 heteroatoms. The number of rotatable bonds is 8. The molecule has 14 heavy (non-hydrogen) atoms. The van der Waals surface area contributed by atoms with Gasteiger partial charge in [0, 0.05) is 0 Å². The fraction of sp³-hybridized carbons (Fsp3) is 0.857. The summed E-state index contributed by atoms with van der Waals surface area (Å²) in [6.45, 7) is 9.09. The number of hydrogen-bond donors (Lipinski definition) is 0. The molecule has 0 aromatic carbocycles. The molecule has 0 saturated carbocycles. The number of allylic oxidation sites excluding steroid dienone is 2. The van der Waals surface area contributed by atoms with E-state index in [0.717, 1.165) is 11.8 Å². The second-order valence-electron chi connectivity index (χ2n) is 4.31. The summed E-state index contributed by atoms with van der Waals surface area (Å²) in [6.07, 6.45) is 12.7. The van der Waals surface area contributed by atoms with Crippen LogP contribution in [-0.2, 0) is 0 Å². The van der Waals surface area contributed by atoms with E-state index in [1.165, 1.54) is 38.5 Å². The van der Waals surface area contributed by atoms with Crippen molar-refractivity contribution < 1.29 is 0 Å². The van der Waals surface area contributed by atoms with Gasteiger partial charge in [-0.2, -0.15) is 0 Å². The average molecular weight is 196 g/mol. The van der Waals surface area contributed by atoms with E-state index in [9.17, 15) is 0 Å². The Labute approximate surface area is 90.8 Å². The maximum atomic E-state index is 2.35. The summed E-state index contributed by atoms with van der Waals surface area (Å²) in [6, 6.07) is 0. The molecule has 0 nitrogen and oxygen atoms in total. The molecule has 0 aliphatic carbocycles. The Kier molecular flexibility index (Phi) is 9.13. The van der Waals surface area contributed by atoms with Crippen LogP contribution in [0, 0.1) is 11.8 Å². The summed E-state index contributed by atoms with van der Waals surface area (Å²) in [5.74, 6) is 1.89. The molecule has 0 aliphatic rings. The molecule has 0 aromatic rings. The van der Waals surface area contributed by atoms with E-state index >= 15 is 0 Å². The molecule has 0 spiro atoms. The normalized spacial score (nSPS) is 16.0. The van der Waals surface area contributed by atoms with Crippen LogP contribution in [0.2, 0.25) is 0 Å². The van der Waals surface area contributed by atoms with Gasteiger partial charge in [-0.15, -0.1) is 0 Å².